The van der Waals surface area contributed by atoms with E-state index in [2.05, 4.69) is 5.32 Å². The van der Waals surface area contributed by atoms with Crippen molar-refractivity contribution in [3.8, 4) is 5.75 Å². The zero-order valence-corrected chi connectivity index (χ0v) is 18.8. The maximum Gasteiger partial charge on any atom is 0.262 e. The van der Waals surface area contributed by atoms with Gasteiger partial charge in [-0.2, -0.15) is 0 Å². The van der Waals surface area contributed by atoms with Crippen LogP contribution >= 0.6 is 23.4 Å². The molecule has 32 heavy (non-hydrogen) atoms. The van der Waals surface area contributed by atoms with E-state index < -0.39 is 5.82 Å². The monoisotopic (exact) mass is 470 g/mol. The van der Waals surface area contributed by atoms with Crippen LogP contribution in [-0.4, -0.2) is 24.2 Å². The maximum absolute atomic E-state index is 14.5. The maximum atomic E-state index is 14.5. The molecule has 1 atom stereocenters. The highest BCUT2D eigenvalue weighted by Crippen LogP contribution is 2.43. The Labute approximate surface area is 194 Å². The Bertz CT molecular complexity index is 1160. The molecular formula is C24H20ClFN2O3S. The Morgan fingerprint density at radius 1 is 1.19 bits per heavy atom. The smallest absolute Gasteiger partial charge is 0.262 e. The fourth-order valence-corrected chi connectivity index (χ4v) is 4.67. The van der Waals surface area contributed by atoms with Crippen molar-refractivity contribution in [3.63, 3.8) is 0 Å². The van der Waals surface area contributed by atoms with Gasteiger partial charge >= 0.3 is 0 Å². The number of thioether (sulfide) groups is 1. The zero-order valence-electron chi connectivity index (χ0n) is 17.2. The molecule has 0 aromatic heterocycles. The van der Waals surface area contributed by atoms with Gasteiger partial charge < -0.3 is 10.1 Å². The molecule has 0 bridgehead atoms. The summed E-state index contributed by atoms with van der Waals surface area (Å²) in [6.45, 7) is 1.69. The van der Waals surface area contributed by atoms with Gasteiger partial charge in [-0.15, -0.1) is 11.8 Å². The minimum Gasteiger partial charge on any atom is -0.484 e. The van der Waals surface area contributed by atoms with Gasteiger partial charge in [-0.05, 0) is 66.6 Å². The molecular weight excluding hydrogens is 451 g/mol. The van der Waals surface area contributed by atoms with Crippen LogP contribution in [0.3, 0.4) is 0 Å². The summed E-state index contributed by atoms with van der Waals surface area (Å²) in [5, 5.41) is 2.99. The third-order valence-corrected chi connectivity index (χ3v) is 6.33. The summed E-state index contributed by atoms with van der Waals surface area (Å²) in [6.07, 6.45) is 0. The number of carbonyl (C=O) groups is 2. The van der Waals surface area contributed by atoms with Crippen LogP contribution in [0.15, 0.2) is 66.7 Å². The number of nitrogens with one attached hydrogen (secondary N) is 1. The van der Waals surface area contributed by atoms with Crippen molar-refractivity contribution in [2.24, 2.45) is 0 Å². The van der Waals surface area contributed by atoms with Crippen LogP contribution in [0.2, 0.25) is 5.02 Å². The summed E-state index contributed by atoms with van der Waals surface area (Å²) < 4.78 is 20.0. The van der Waals surface area contributed by atoms with Crippen molar-refractivity contribution >= 4 is 46.6 Å². The number of aryl methyl sites for hydroxylation is 1. The minimum atomic E-state index is -0.444. The van der Waals surface area contributed by atoms with E-state index in [4.69, 9.17) is 16.3 Å². The van der Waals surface area contributed by atoms with Gasteiger partial charge in [0.1, 0.15) is 16.9 Å². The molecule has 1 aliphatic heterocycles. The standard InChI is InChI=1S/C24H20ClFN2O3S/c1-15-5-10-20(26)21(11-15)28-23(30)14-32-24(28)16-3-2-4-18(12-16)27-22(29)13-31-19-8-6-17(25)7-9-19/h2-12,24H,13-14H2,1H3,(H,27,29). The van der Waals surface area contributed by atoms with E-state index in [0.717, 1.165) is 11.1 Å². The highest BCUT2D eigenvalue weighted by atomic mass is 35.5. The number of hydrogen-bond acceptors (Lipinski definition) is 4. The van der Waals surface area contributed by atoms with Crippen molar-refractivity contribution in [1.82, 2.24) is 0 Å². The van der Waals surface area contributed by atoms with Crippen molar-refractivity contribution < 1.29 is 18.7 Å². The van der Waals surface area contributed by atoms with E-state index in [1.165, 1.54) is 22.7 Å². The van der Waals surface area contributed by atoms with E-state index >= 15 is 0 Å². The summed E-state index contributed by atoms with van der Waals surface area (Å²) in [5.41, 5.74) is 2.48. The van der Waals surface area contributed by atoms with Crippen LogP contribution in [0.4, 0.5) is 15.8 Å². The lowest BCUT2D eigenvalue weighted by Gasteiger charge is -2.25. The van der Waals surface area contributed by atoms with Gasteiger partial charge in [-0.25, -0.2) is 4.39 Å². The average molecular weight is 471 g/mol. The third kappa shape index (κ3) is 5.06. The van der Waals surface area contributed by atoms with Crippen LogP contribution in [0, 0.1) is 12.7 Å². The Balaban J connectivity index is 1.48. The topological polar surface area (TPSA) is 58.6 Å². The van der Waals surface area contributed by atoms with Crippen LogP contribution in [0.1, 0.15) is 16.5 Å². The van der Waals surface area contributed by atoms with Crippen LogP contribution in [0.25, 0.3) is 0 Å². The molecule has 5 nitrogen and oxygen atoms in total. The molecule has 3 aromatic carbocycles. The van der Waals surface area contributed by atoms with Crippen LogP contribution < -0.4 is 15.0 Å². The van der Waals surface area contributed by atoms with Crippen LogP contribution in [-0.2, 0) is 9.59 Å². The summed E-state index contributed by atoms with van der Waals surface area (Å²) in [5.74, 6) is -0.136. The molecule has 0 saturated carbocycles. The quantitative estimate of drug-likeness (QED) is 0.510. The van der Waals surface area contributed by atoms with E-state index in [9.17, 15) is 14.0 Å². The van der Waals surface area contributed by atoms with Gasteiger partial charge in [0, 0.05) is 10.7 Å². The van der Waals surface area contributed by atoms with Gasteiger partial charge in [0.25, 0.3) is 5.91 Å². The van der Waals surface area contributed by atoms with Crippen LogP contribution in [0.5, 0.6) is 5.75 Å². The second kappa shape index (κ2) is 9.63. The molecule has 1 saturated heterocycles. The van der Waals surface area contributed by atoms with Gasteiger partial charge in [-0.3, -0.25) is 14.5 Å². The van der Waals surface area contributed by atoms with Crippen molar-refractivity contribution in [2.45, 2.75) is 12.3 Å². The summed E-state index contributed by atoms with van der Waals surface area (Å²) in [6, 6.07) is 18.6. The number of hydrogen-bond donors (Lipinski definition) is 1. The number of halogens is 2. The third-order valence-electron chi connectivity index (χ3n) is 4.87. The number of rotatable bonds is 6. The number of benzene rings is 3. The lowest BCUT2D eigenvalue weighted by Crippen LogP contribution is -2.29. The number of nitrogens with zero attached hydrogens (tertiary/aromatic N) is 1. The number of carbonyl (C=O) groups excluding carboxylic acids is 2. The predicted octanol–water partition coefficient (Wildman–Crippen LogP) is 5.58. The molecule has 8 heteroatoms. The van der Waals surface area contributed by atoms with E-state index in [1.807, 2.05) is 13.0 Å². The second-order valence-electron chi connectivity index (χ2n) is 7.30. The van der Waals surface area contributed by atoms with E-state index in [1.54, 1.807) is 54.6 Å². The number of anilines is 2. The Morgan fingerprint density at radius 2 is 1.97 bits per heavy atom. The van der Waals surface area contributed by atoms with Gasteiger partial charge in [0.2, 0.25) is 5.91 Å². The molecule has 1 fully saturated rings. The first kappa shape index (κ1) is 22.2. The van der Waals surface area contributed by atoms with Crippen molar-refractivity contribution in [2.75, 3.05) is 22.6 Å². The first-order valence-electron chi connectivity index (χ1n) is 9.89. The lowest BCUT2D eigenvalue weighted by atomic mass is 10.1. The molecule has 1 aliphatic rings. The SMILES string of the molecule is Cc1ccc(F)c(N2C(=O)CSC2c2cccc(NC(=O)COc3ccc(Cl)cc3)c2)c1. The Kier molecular flexibility index (Phi) is 6.67. The summed E-state index contributed by atoms with van der Waals surface area (Å²) >= 11 is 7.26. The molecule has 0 radical (unpaired) electrons. The molecule has 1 heterocycles. The Hall–Kier alpha value is -3.03. The molecule has 1 N–H and O–H groups in total. The number of ether oxygens (including phenoxy) is 1. The van der Waals surface area contributed by atoms with Gasteiger partial charge in [0.15, 0.2) is 6.61 Å². The predicted molar refractivity (Wildman–Crippen MR) is 126 cm³/mol. The van der Waals surface area contributed by atoms with E-state index in [0.29, 0.717) is 16.5 Å². The molecule has 0 aliphatic carbocycles. The largest absolute Gasteiger partial charge is 0.484 e. The molecule has 3 aromatic rings. The van der Waals surface area contributed by atoms with Crippen molar-refractivity contribution in [1.29, 1.82) is 0 Å². The molecule has 4 rings (SSSR count). The Morgan fingerprint density at radius 3 is 2.75 bits per heavy atom. The first-order valence-corrected chi connectivity index (χ1v) is 11.3. The molecule has 164 valence electrons. The molecule has 0 spiro atoms. The van der Waals surface area contributed by atoms with Gasteiger partial charge in [-0.1, -0.05) is 29.8 Å². The van der Waals surface area contributed by atoms with Gasteiger partial charge in [0.05, 0.1) is 11.4 Å². The minimum absolute atomic E-state index is 0.157. The highest BCUT2D eigenvalue weighted by molar-refractivity contribution is 8.00. The first-order chi connectivity index (χ1) is 15.4. The zero-order chi connectivity index (χ0) is 22.7. The fourth-order valence-electron chi connectivity index (χ4n) is 3.39. The molecule has 1 unspecified atom stereocenters. The normalized spacial score (nSPS) is 15.7. The summed E-state index contributed by atoms with van der Waals surface area (Å²) in [7, 11) is 0. The second-order valence-corrected chi connectivity index (χ2v) is 8.80. The lowest BCUT2D eigenvalue weighted by molar-refractivity contribution is -0.118. The average Bonchev–Trinajstić information content (AvgIpc) is 3.16. The van der Waals surface area contributed by atoms with E-state index in [-0.39, 0.29) is 35.2 Å². The fraction of sp³-hybridized carbons (Fsp3) is 0.167. The highest BCUT2D eigenvalue weighted by Gasteiger charge is 2.35. The van der Waals surface area contributed by atoms with Crippen molar-refractivity contribution in [3.05, 3.63) is 88.7 Å². The molecule has 2 amide bonds. The summed E-state index contributed by atoms with van der Waals surface area (Å²) in [4.78, 5) is 26.4. The number of amides is 2.